The van der Waals surface area contributed by atoms with Gasteiger partial charge in [0.2, 0.25) is 0 Å². The number of thioether (sulfide) groups is 1. The summed E-state index contributed by atoms with van der Waals surface area (Å²) in [5.41, 5.74) is 7.16. The number of nitrogens with two attached hydrogens (primary N) is 1. The molecule has 0 spiro atoms. The van der Waals surface area contributed by atoms with Gasteiger partial charge in [0.15, 0.2) is 0 Å². The van der Waals surface area contributed by atoms with Crippen molar-refractivity contribution in [2.75, 3.05) is 6.54 Å². The van der Waals surface area contributed by atoms with E-state index in [-0.39, 0.29) is 0 Å². The summed E-state index contributed by atoms with van der Waals surface area (Å²) in [5.74, 6) is 1.47. The van der Waals surface area contributed by atoms with Crippen molar-refractivity contribution >= 4 is 11.8 Å². The Hall–Kier alpha value is 0.0500. The summed E-state index contributed by atoms with van der Waals surface area (Å²) in [5, 5.41) is 3.07. The third kappa shape index (κ3) is 2.05. The molecule has 0 fully saturated rings. The molecule has 1 nitrogen and oxygen atoms in total. The Morgan fingerprint density at radius 1 is 1.50 bits per heavy atom. The smallest absolute Gasteiger partial charge is 0.0334 e. The van der Waals surface area contributed by atoms with Crippen molar-refractivity contribution in [1.82, 2.24) is 0 Å². The molecule has 0 amide bonds. The van der Waals surface area contributed by atoms with Crippen molar-refractivity contribution in [2.24, 2.45) is 17.6 Å². The average molecular weight is 185 g/mol. The monoisotopic (exact) mass is 185 g/mol. The van der Waals surface area contributed by atoms with Crippen LogP contribution in [0.1, 0.15) is 27.2 Å². The van der Waals surface area contributed by atoms with Crippen LogP contribution in [0, 0.1) is 11.8 Å². The quantitative estimate of drug-likeness (QED) is 0.728. The topological polar surface area (TPSA) is 26.0 Å². The van der Waals surface area contributed by atoms with Crippen LogP contribution in [0.3, 0.4) is 0 Å². The van der Waals surface area contributed by atoms with Gasteiger partial charge >= 0.3 is 0 Å². The highest BCUT2D eigenvalue weighted by atomic mass is 32.2. The van der Waals surface area contributed by atoms with Crippen molar-refractivity contribution < 1.29 is 0 Å². The largest absolute Gasteiger partial charge is 0.330 e. The van der Waals surface area contributed by atoms with E-state index >= 15 is 0 Å². The lowest BCUT2D eigenvalue weighted by molar-refractivity contribution is 0.517. The van der Waals surface area contributed by atoms with Gasteiger partial charge in [-0.25, -0.2) is 0 Å². The summed E-state index contributed by atoms with van der Waals surface area (Å²) in [4.78, 5) is 0. The lowest BCUT2D eigenvalue weighted by Gasteiger charge is -2.34. The molecular formula is C10H19NS. The van der Waals surface area contributed by atoms with E-state index in [9.17, 15) is 0 Å². The van der Waals surface area contributed by atoms with E-state index in [0.29, 0.717) is 0 Å². The first-order valence-electron chi connectivity index (χ1n) is 4.72. The molecular weight excluding hydrogens is 166 g/mol. The summed E-state index contributed by atoms with van der Waals surface area (Å²) in [6.07, 6.45) is 1.15. The van der Waals surface area contributed by atoms with E-state index in [1.165, 1.54) is 0 Å². The van der Waals surface area contributed by atoms with Gasteiger partial charge in [-0.1, -0.05) is 20.8 Å². The Bertz CT molecular complexity index is 175. The summed E-state index contributed by atoms with van der Waals surface area (Å²) in [7, 11) is 0. The van der Waals surface area contributed by atoms with Crippen LogP contribution in [0.5, 0.6) is 0 Å². The average Bonchev–Trinajstić information content (AvgIpc) is 1.82. The molecule has 1 aliphatic rings. The highest BCUT2D eigenvalue weighted by Gasteiger charge is 2.28. The maximum absolute atomic E-state index is 5.54. The molecule has 2 heteroatoms. The zero-order valence-electron chi connectivity index (χ0n) is 8.21. The van der Waals surface area contributed by atoms with Crippen LogP contribution < -0.4 is 5.73 Å². The van der Waals surface area contributed by atoms with Gasteiger partial charge in [-0.2, -0.15) is 0 Å². The fourth-order valence-electron chi connectivity index (χ4n) is 1.57. The number of hydrogen-bond donors (Lipinski definition) is 1. The van der Waals surface area contributed by atoms with Crippen molar-refractivity contribution in [3.8, 4) is 0 Å². The molecule has 1 unspecified atom stereocenters. The van der Waals surface area contributed by atoms with Gasteiger partial charge in [-0.3, -0.25) is 0 Å². The Morgan fingerprint density at radius 2 is 2.17 bits per heavy atom. The SMILES string of the molecule is CC(C)C1=CS[C@H]1C(C)CCN. The molecule has 2 atom stereocenters. The van der Waals surface area contributed by atoms with Crippen LogP contribution in [0.25, 0.3) is 0 Å². The molecule has 0 bridgehead atoms. The molecule has 12 heavy (non-hydrogen) atoms. The fraction of sp³-hybridized carbons (Fsp3) is 0.800. The molecule has 1 heterocycles. The first-order chi connectivity index (χ1) is 5.66. The molecule has 0 aromatic carbocycles. The second-order valence-corrected chi connectivity index (χ2v) is 4.90. The minimum Gasteiger partial charge on any atom is -0.330 e. The third-order valence-electron chi connectivity index (χ3n) is 2.48. The normalized spacial score (nSPS) is 25.1. The van der Waals surface area contributed by atoms with Gasteiger partial charge in [-0.05, 0) is 35.8 Å². The second kappa shape index (κ2) is 4.33. The Kier molecular flexibility index (Phi) is 3.66. The van der Waals surface area contributed by atoms with Crippen LogP contribution in [0.4, 0.5) is 0 Å². The first-order valence-corrected chi connectivity index (χ1v) is 5.66. The van der Waals surface area contributed by atoms with E-state index in [2.05, 4.69) is 26.2 Å². The van der Waals surface area contributed by atoms with Crippen molar-refractivity contribution in [2.45, 2.75) is 32.4 Å². The van der Waals surface area contributed by atoms with Crippen LogP contribution in [-0.2, 0) is 0 Å². The molecule has 0 aromatic heterocycles. The molecule has 1 aliphatic heterocycles. The van der Waals surface area contributed by atoms with Gasteiger partial charge in [-0.15, -0.1) is 11.8 Å². The number of hydrogen-bond acceptors (Lipinski definition) is 2. The molecule has 70 valence electrons. The minimum atomic E-state index is 0.719. The standard InChI is InChI=1S/C10H19NS/c1-7(2)9-6-12-10(9)8(3)4-5-11/h6-8,10H,4-5,11H2,1-3H3/t8?,10-/m0/s1. The van der Waals surface area contributed by atoms with Gasteiger partial charge < -0.3 is 5.73 Å². The van der Waals surface area contributed by atoms with E-state index in [0.717, 1.165) is 30.1 Å². The lowest BCUT2D eigenvalue weighted by Crippen LogP contribution is -2.26. The maximum Gasteiger partial charge on any atom is 0.0334 e. The van der Waals surface area contributed by atoms with Crippen LogP contribution >= 0.6 is 11.8 Å². The fourth-order valence-corrected chi connectivity index (χ4v) is 2.97. The van der Waals surface area contributed by atoms with E-state index in [1.807, 2.05) is 11.8 Å². The Morgan fingerprint density at radius 3 is 2.50 bits per heavy atom. The molecule has 0 aromatic rings. The molecule has 0 saturated heterocycles. The predicted octanol–water partition coefficient (Wildman–Crippen LogP) is 2.63. The molecule has 2 N–H and O–H groups in total. The molecule has 0 saturated carbocycles. The molecule has 0 radical (unpaired) electrons. The summed E-state index contributed by atoms with van der Waals surface area (Å²) < 4.78 is 0. The van der Waals surface area contributed by atoms with Crippen molar-refractivity contribution in [1.29, 1.82) is 0 Å². The molecule has 0 aliphatic carbocycles. The number of rotatable bonds is 4. The highest BCUT2D eigenvalue weighted by molar-refractivity contribution is 8.04. The summed E-state index contributed by atoms with van der Waals surface area (Å²) in [6, 6.07) is 0. The van der Waals surface area contributed by atoms with E-state index < -0.39 is 0 Å². The Balaban J connectivity index is 2.41. The zero-order valence-corrected chi connectivity index (χ0v) is 9.03. The second-order valence-electron chi connectivity index (χ2n) is 3.88. The van der Waals surface area contributed by atoms with Crippen molar-refractivity contribution in [3.63, 3.8) is 0 Å². The van der Waals surface area contributed by atoms with E-state index in [4.69, 9.17) is 5.73 Å². The summed E-state index contributed by atoms with van der Waals surface area (Å²) >= 11 is 1.97. The van der Waals surface area contributed by atoms with E-state index in [1.54, 1.807) is 5.57 Å². The summed E-state index contributed by atoms with van der Waals surface area (Å²) in [6.45, 7) is 7.67. The van der Waals surface area contributed by atoms with Gasteiger partial charge in [0.05, 0.1) is 0 Å². The van der Waals surface area contributed by atoms with Gasteiger partial charge in [0.25, 0.3) is 0 Å². The van der Waals surface area contributed by atoms with Gasteiger partial charge in [0.1, 0.15) is 0 Å². The first kappa shape index (κ1) is 10.1. The Labute approximate surface area is 79.8 Å². The maximum atomic E-state index is 5.54. The predicted molar refractivity (Wildman–Crippen MR) is 57.1 cm³/mol. The van der Waals surface area contributed by atoms with Crippen LogP contribution in [0.2, 0.25) is 0 Å². The zero-order chi connectivity index (χ0) is 9.14. The van der Waals surface area contributed by atoms with Crippen molar-refractivity contribution in [3.05, 3.63) is 11.0 Å². The lowest BCUT2D eigenvalue weighted by atomic mass is 9.91. The van der Waals surface area contributed by atoms with Gasteiger partial charge in [0, 0.05) is 5.25 Å². The molecule has 1 rings (SSSR count). The van der Waals surface area contributed by atoms with Crippen LogP contribution in [0.15, 0.2) is 11.0 Å². The third-order valence-corrected chi connectivity index (χ3v) is 3.92. The minimum absolute atomic E-state index is 0.719. The highest BCUT2D eigenvalue weighted by Crippen LogP contribution is 2.42. The van der Waals surface area contributed by atoms with Crippen LogP contribution in [-0.4, -0.2) is 11.8 Å².